The molecule has 6 nitrogen and oxygen atoms in total. The minimum Gasteiger partial charge on any atom is -0.497 e. The number of aromatic nitrogens is 2. The van der Waals surface area contributed by atoms with Gasteiger partial charge in [-0.15, -0.1) is 21.8 Å². The van der Waals surface area contributed by atoms with E-state index in [-0.39, 0.29) is 11.9 Å². The van der Waals surface area contributed by atoms with Crippen LogP contribution in [-0.4, -0.2) is 28.6 Å². The molecular formula is C25H18Cl2N4O2S2. The summed E-state index contributed by atoms with van der Waals surface area (Å²) < 4.78 is 5.24. The van der Waals surface area contributed by atoms with Crippen LogP contribution in [0.25, 0.3) is 0 Å². The molecule has 0 aliphatic carbocycles. The first-order valence-electron chi connectivity index (χ1n) is 10.8. The molecule has 3 aromatic carbocycles. The zero-order valence-corrected chi connectivity index (χ0v) is 21.5. The fourth-order valence-electron chi connectivity index (χ4n) is 4.30. The first kappa shape index (κ1) is 22.7. The van der Waals surface area contributed by atoms with Gasteiger partial charge in [0.05, 0.1) is 31.1 Å². The number of nitrogens with zero attached hydrogens (tertiary/aromatic N) is 4. The van der Waals surface area contributed by atoms with Crippen molar-refractivity contribution in [2.24, 2.45) is 0 Å². The van der Waals surface area contributed by atoms with E-state index in [4.69, 9.17) is 27.9 Å². The van der Waals surface area contributed by atoms with Crippen LogP contribution in [0.4, 0.5) is 16.5 Å². The van der Waals surface area contributed by atoms with Gasteiger partial charge in [-0.1, -0.05) is 59.0 Å². The van der Waals surface area contributed by atoms with Crippen LogP contribution in [0.15, 0.2) is 76.5 Å². The Morgan fingerprint density at radius 3 is 2.57 bits per heavy atom. The number of para-hydroxylation sites is 1. The van der Waals surface area contributed by atoms with Crippen molar-refractivity contribution in [3.8, 4) is 5.75 Å². The number of hydrogen-bond donors (Lipinski definition) is 0. The highest BCUT2D eigenvalue weighted by molar-refractivity contribution is 7.99. The number of alkyl halides is 1. The van der Waals surface area contributed by atoms with Crippen LogP contribution in [0.2, 0.25) is 5.02 Å². The average Bonchev–Trinajstić information content (AvgIpc) is 3.34. The Hall–Kier alpha value is -2.78. The van der Waals surface area contributed by atoms with Crippen LogP contribution in [0.1, 0.15) is 16.6 Å². The second-order valence-corrected chi connectivity index (χ2v) is 11.1. The zero-order valence-electron chi connectivity index (χ0n) is 18.4. The number of amides is 1. The number of benzene rings is 3. The third-order valence-corrected chi connectivity index (χ3v) is 8.73. The first-order chi connectivity index (χ1) is 17.0. The molecule has 0 spiro atoms. The van der Waals surface area contributed by atoms with Crippen molar-refractivity contribution >= 4 is 68.7 Å². The molecule has 0 N–H and O–H groups in total. The van der Waals surface area contributed by atoms with Gasteiger partial charge >= 0.3 is 0 Å². The second-order valence-electron chi connectivity index (χ2n) is 8.07. The Morgan fingerprint density at radius 2 is 1.77 bits per heavy atom. The highest BCUT2D eigenvalue weighted by Gasteiger charge is 2.49. The standard InChI is InChI=1S/C25H18Cl2N4O2S2/c1-33-16-9-6-14(7-10-16)23-22(27)24(32)31(23)25-29-28-21(35-25)13-30-17-4-2-3-5-19(17)34-20-11-8-15(26)12-18(20)30/h2-12,22-23H,13H2,1H3. The molecule has 3 heterocycles. The summed E-state index contributed by atoms with van der Waals surface area (Å²) in [6.45, 7) is 0.502. The van der Waals surface area contributed by atoms with E-state index in [9.17, 15) is 4.79 Å². The maximum Gasteiger partial charge on any atom is 0.250 e. The summed E-state index contributed by atoms with van der Waals surface area (Å²) in [5, 5.41) is 10.1. The van der Waals surface area contributed by atoms with Crippen LogP contribution >= 0.6 is 46.3 Å². The monoisotopic (exact) mass is 540 g/mol. The zero-order chi connectivity index (χ0) is 24.1. The van der Waals surface area contributed by atoms with Crippen LogP contribution in [0, 0.1) is 0 Å². The maximum absolute atomic E-state index is 12.7. The minimum absolute atomic E-state index is 0.174. The van der Waals surface area contributed by atoms with Crippen molar-refractivity contribution in [1.29, 1.82) is 0 Å². The van der Waals surface area contributed by atoms with Gasteiger partial charge in [-0.25, -0.2) is 0 Å². The lowest BCUT2D eigenvalue weighted by atomic mass is 9.94. The lowest BCUT2D eigenvalue weighted by Crippen LogP contribution is -2.56. The van der Waals surface area contributed by atoms with E-state index in [1.54, 1.807) is 23.8 Å². The fraction of sp³-hybridized carbons (Fsp3) is 0.160. The summed E-state index contributed by atoms with van der Waals surface area (Å²) in [6, 6.07) is 21.4. The number of halogens is 2. The van der Waals surface area contributed by atoms with Crippen molar-refractivity contribution in [3.63, 3.8) is 0 Å². The Balaban J connectivity index is 1.30. The van der Waals surface area contributed by atoms with Crippen molar-refractivity contribution < 1.29 is 9.53 Å². The van der Waals surface area contributed by atoms with E-state index >= 15 is 0 Å². The maximum atomic E-state index is 12.7. The topological polar surface area (TPSA) is 58.6 Å². The molecule has 1 amide bonds. The van der Waals surface area contributed by atoms with E-state index < -0.39 is 5.38 Å². The molecule has 1 aromatic heterocycles. The SMILES string of the molecule is COc1ccc(C2C(Cl)C(=O)N2c2nnc(CN3c4ccccc4Sc4ccc(Cl)cc43)s2)cc1. The van der Waals surface area contributed by atoms with Crippen molar-refractivity contribution in [1.82, 2.24) is 10.2 Å². The third-order valence-electron chi connectivity index (χ3n) is 6.03. The number of carbonyl (C=O) groups excluding carboxylic acids is 1. The van der Waals surface area contributed by atoms with E-state index in [2.05, 4.69) is 27.2 Å². The van der Waals surface area contributed by atoms with Crippen LogP contribution in [0.3, 0.4) is 0 Å². The molecular weight excluding hydrogens is 523 g/mol. The molecule has 0 radical (unpaired) electrons. The van der Waals surface area contributed by atoms with Gasteiger partial charge in [0.15, 0.2) is 0 Å². The smallest absolute Gasteiger partial charge is 0.250 e. The summed E-state index contributed by atoms with van der Waals surface area (Å²) >= 11 is 15.9. The summed E-state index contributed by atoms with van der Waals surface area (Å²) in [5.41, 5.74) is 3.03. The Labute approximate surface area is 220 Å². The lowest BCUT2D eigenvalue weighted by molar-refractivity contribution is -0.123. The molecule has 2 atom stereocenters. The first-order valence-corrected chi connectivity index (χ1v) is 13.3. The van der Waals surface area contributed by atoms with Gasteiger partial charge in [0.2, 0.25) is 11.0 Å². The number of methoxy groups -OCH3 is 1. The molecule has 6 rings (SSSR count). The molecule has 176 valence electrons. The Kier molecular flexibility index (Phi) is 5.84. The van der Waals surface area contributed by atoms with Gasteiger partial charge in [-0.3, -0.25) is 9.69 Å². The lowest BCUT2D eigenvalue weighted by Gasteiger charge is -2.42. The quantitative estimate of drug-likeness (QED) is 0.207. The molecule has 2 unspecified atom stereocenters. The van der Waals surface area contributed by atoms with E-state index in [0.29, 0.717) is 16.7 Å². The van der Waals surface area contributed by atoms with Gasteiger partial charge in [0.25, 0.3) is 0 Å². The summed E-state index contributed by atoms with van der Waals surface area (Å²) in [6.07, 6.45) is 0. The molecule has 2 aliphatic rings. The van der Waals surface area contributed by atoms with Crippen molar-refractivity contribution in [3.05, 3.63) is 82.3 Å². The minimum atomic E-state index is -0.643. The molecule has 0 saturated carbocycles. The second kappa shape index (κ2) is 9.02. The summed E-state index contributed by atoms with van der Waals surface area (Å²) in [5.74, 6) is 0.572. The summed E-state index contributed by atoms with van der Waals surface area (Å²) in [4.78, 5) is 18.8. The predicted molar refractivity (Wildman–Crippen MR) is 141 cm³/mol. The van der Waals surface area contributed by atoms with Crippen LogP contribution in [0.5, 0.6) is 5.75 Å². The molecule has 1 saturated heterocycles. The highest BCUT2D eigenvalue weighted by Crippen LogP contribution is 2.50. The molecule has 10 heteroatoms. The fourth-order valence-corrected chi connectivity index (χ4v) is 6.78. The molecule has 4 aromatic rings. The van der Waals surface area contributed by atoms with Gasteiger partial charge in [-0.2, -0.15) is 0 Å². The number of rotatable bonds is 5. The van der Waals surface area contributed by atoms with E-state index in [0.717, 1.165) is 37.5 Å². The van der Waals surface area contributed by atoms with E-state index in [1.807, 2.05) is 54.6 Å². The molecule has 0 bridgehead atoms. The van der Waals surface area contributed by atoms with Crippen molar-refractivity contribution in [2.45, 2.75) is 27.8 Å². The van der Waals surface area contributed by atoms with Gasteiger partial charge in [0.1, 0.15) is 16.1 Å². The van der Waals surface area contributed by atoms with E-state index in [1.165, 1.54) is 11.3 Å². The number of carbonyl (C=O) groups is 1. The normalized spacial score (nSPS) is 18.7. The van der Waals surface area contributed by atoms with Crippen LogP contribution < -0.4 is 14.5 Å². The van der Waals surface area contributed by atoms with Crippen molar-refractivity contribution in [2.75, 3.05) is 16.9 Å². The molecule has 2 aliphatic heterocycles. The number of fused-ring (bicyclic) bond motifs is 2. The van der Waals surface area contributed by atoms with Gasteiger partial charge in [0, 0.05) is 14.8 Å². The molecule has 1 fully saturated rings. The number of ether oxygens (including phenoxy) is 1. The number of anilines is 3. The van der Waals surface area contributed by atoms with Gasteiger partial charge < -0.3 is 9.64 Å². The average molecular weight is 541 g/mol. The third kappa shape index (κ3) is 3.94. The van der Waals surface area contributed by atoms with Gasteiger partial charge in [-0.05, 0) is 48.0 Å². The summed E-state index contributed by atoms with van der Waals surface area (Å²) in [7, 11) is 1.62. The number of β-lactam (4-membered cyclic amide) rings is 1. The number of hydrogen-bond acceptors (Lipinski definition) is 7. The molecule has 35 heavy (non-hydrogen) atoms. The predicted octanol–water partition coefficient (Wildman–Crippen LogP) is 6.70. The largest absolute Gasteiger partial charge is 0.497 e. The Bertz CT molecular complexity index is 1430. The van der Waals surface area contributed by atoms with Crippen LogP contribution in [-0.2, 0) is 11.3 Å². The highest BCUT2D eigenvalue weighted by atomic mass is 35.5. The Morgan fingerprint density at radius 1 is 1.00 bits per heavy atom.